The van der Waals surface area contributed by atoms with Gasteiger partial charge >= 0.3 is 0 Å². The van der Waals surface area contributed by atoms with E-state index in [1.165, 1.54) is 31.2 Å². The van der Waals surface area contributed by atoms with Crippen LogP contribution in [0.4, 0.5) is 0 Å². The van der Waals surface area contributed by atoms with Crippen molar-refractivity contribution in [3.8, 4) is 0 Å². The van der Waals surface area contributed by atoms with Crippen LogP contribution in [-0.4, -0.2) is 17.7 Å². The minimum absolute atomic E-state index is 0.401. The number of benzene rings is 1. The Hall–Kier alpha value is -0.860. The molecule has 0 radical (unpaired) electrons. The summed E-state index contributed by atoms with van der Waals surface area (Å²) in [6.45, 7) is 7.13. The molecule has 1 atom stereocenters. The van der Waals surface area contributed by atoms with E-state index in [1.54, 1.807) is 0 Å². The van der Waals surface area contributed by atoms with Gasteiger partial charge in [0.1, 0.15) is 0 Å². The van der Waals surface area contributed by atoms with Gasteiger partial charge in [0.15, 0.2) is 0 Å². The largest absolute Gasteiger partial charge is 0.387 e. The van der Waals surface area contributed by atoms with Crippen molar-refractivity contribution in [2.45, 2.75) is 58.6 Å². The van der Waals surface area contributed by atoms with Gasteiger partial charge in [-0.1, -0.05) is 56.5 Å². The average Bonchev–Trinajstić information content (AvgIpc) is 2.37. The predicted molar refractivity (Wildman–Crippen MR) is 77.7 cm³/mol. The number of hydrogen-bond acceptors (Lipinski definition) is 2. The first-order chi connectivity index (χ1) is 8.67. The molecule has 18 heavy (non-hydrogen) atoms. The van der Waals surface area contributed by atoms with Gasteiger partial charge in [0, 0.05) is 12.6 Å². The Morgan fingerprint density at radius 3 is 2.11 bits per heavy atom. The molecule has 0 bridgehead atoms. The van der Waals surface area contributed by atoms with Gasteiger partial charge in [-0.15, -0.1) is 0 Å². The van der Waals surface area contributed by atoms with Crippen molar-refractivity contribution in [3.63, 3.8) is 0 Å². The van der Waals surface area contributed by atoms with Gasteiger partial charge in [-0.2, -0.15) is 0 Å². The molecule has 1 aromatic rings. The van der Waals surface area contributed by atoms with Gasteiger partial charge in [0.25, 0.3) is 0 Å². The summed E-state index contributed by atoms with van der Waals surface area (Å²) in [5, 5.41) is 13.6. The molecule has 0 fully saturated rings. The summed E-state index contributed by atoms with van der Waals surface area (Å²) in [4.78, 5) is 0. The summed E-state index contributed by atoms with van der Waals surface area (Å²) >= 11 is 0. The lowest BCUT2D eigenvalue weighted by Crippen LogP contribution is -2.32. The lowest BCUT2D eigenvalue weighted by atomic mass is 10.0. The Morgan fingerprint density at radius 1 is 1.06 bits per heavy atom. The number of nitrogens with one attached hydrogen (secondary N) is 1. The SMILES string of the molecule is CCCC(CCC)NCC(O)c1ccc(C)cc1. The van der Waals surface area contributed by atoms with Crippen LogP contribution in [0.1, 0.15) is 56.8 Å². The Kier molecular flexibility index (Phi) is 6.99. The Labute approximate surface area is 111 Å². The van der Waals surface area contributed by atoms with Crippen LogP contribution in [0.25, 0.3) is 0 Å². The first-order valence-corrected chi connectivity index (χ1v) is 7.15. The van der Waals surface area contributed by atoms with Gasteiger partial charge < -0.3 is 10.4 Å². The molecule has 2 heteroatoms. The smallest absolute Gasteiger partial charge is 0.0914 e. The van der Waals surface area contributed by atoms with Crippen LogP contribution in [-0.2, 0) is 0 Å². The third kappa shape index (κ3) is 5.19. The number of aliphatic hydroxyl groups is 1. The average molecular weight is 249 g/mol. The van der Waals surface area contributed by atoms with Crippen molar-refractivity contribution in [1.29, 1.82) is 0 Å². The third-order valence-electron chi connectivity index (χ3n) is 3.34. The van der Waals surface area contributed by atoms with Crippen LogP contribution >= 0.6 is 0 Å². The van der Waals surface area contributed by atoms with E-state index in [9.17, 15) is 5.11 Å². The molecule has 0 aliphatic rings. The molecule has 0 heterocycles. The van der Waals surface area contributed by atoms with Crippen LogP contribution in [0.2, 0.25) is 0 Å². The molecule has 0 aromatic heterocycles. The van der Waals surface area contributed by atoms with Crippen molar-refractivity contribution in [2.24, 2.45) is 0 Å². The maximum atomic E-state index is 10.1. The van der Waals surface area contributed by atoms with Gasteiger partial charge in [0.05, 0.1) is 6.10 Å². The minimum Gasteiger partial charge on any atom is -0.387 e. The monoisotopic (exact) mass is 249 g/mol. The Morgan fingerprint density at radius 2 is 1.61 bits per heavy atom. The van der Waals surface area contributed by atoms with Crippen LogP contribution in [0, 0.1) is 6.92 Å². The van der Waals surface area contributed by atoms with Crippen molar-refractivity contribution in [1.82, 2.24) is 5.32 Å². The fourth-order valence-corrected chi connectivity index (χ4v) is 2.23. The molecule has 102 valence electrons. The zero-order valence-electron chi connectivity index (χ0n) is 11.9. The highest BCUT2D eigenvalue weighted by atomic mass is 16.3. The van der Waals surface area contributed by atoms with Crippen molar-refractivity contribution >= 4 is 0 Å². The molecule has 1 rings (SSSR count). The second kappa shape index (κ2) is 8.28. The molecule has 0 aliphatic carbocycles. The van der Waals surface area contributed by atoms with E-state index in [2.05, 4.69) is 26.1 Å². The minimum atomic E-state index is -0.401. The summed E-state index contributed by atoms with van der Waals surface area (Å²) < 4.78 is 0. The summed E-state index contributed by atoms with van der Waals surface area (Å²) in [5.41, 5.74) is 2.23. The molecule has 2 N–H and O–H groups in total. The first kappa shape index (κ1) is 15.2. The summed E-state index contributed by atoms with van der Waals surface area (Å²) in [5.74, 6) is 0. The van der Waals surface area contributed by atoms with E-state index >= 15 is 0 Å². The molecule has 0 amide bonds. The van der Waals surface area contributed by atoms with Crippen LogP contribution < -0.4 is 5.32 Å². The van der Waals surface area contributed by atoms with Gasteiger partial charge in [-0.25, -0.2) is 0 Å². The van der Waals surface area contributed by atoms with E-state index in [1.807, 2.05) is 24.3 Å². The topological polar surface area (TPSA) is 32.3 Å². The normalized spacial score (nSPS) is 12.9. The van der Waals surface area contributed by atoms with Crippen molar-refractivity contribution < 1.29 is 5.11 Å². The second-order valence-electron chi connectivity index (χ2n) is 5.11. The highest BCUT2D eigenvalue weighted by Crippen LogP contribution is 2.14. The first-order valence-electron chi connectivity index (χ1n) is 7.15. The lowest BCUT2D eigenvalue weighted by molar-refractivity contribution is 0.168. The van der Waals surface area contributed by atoms with Gasteiger partial charge in [0.2, 0.25) is 0 Å². The maximum absolute atomic E-state index is 10.1. The molecule has 0 saturated carbocycles. The maximum Gasteiger partial charge on any atom is 0.0914 e. The molecular formula is C16H27NO. The second-order valence-corrected chi connectivity index (χ2v) is 5.11. The zero-order chi connectivity index (χ0) is 13.4. The van der Waals surface area contributed by atoms with Crippen LogP contribution in [0.15, 0.2) is 24.3 Å². The van der Waals surface area contributed by atoms with E-state index in [0.717, 1.165) is 5.56 Å². The fraction of sp³-hybridized carbons (Fsp3) is 0.625. The third-order valence-corrected chi connectivity index (χ3v) is 3.34. The quantitative estimate of drug-likeness (QED) is 0.738. The number of hydrogen-bond donors (Lipinski definition) is 2. The van der Waals surface area contributed by atoms with Gasteiger partial charge in [-0.05, 0) is 25.3 Å². The van der Waals surface area contributed by atoms with E-state index in [-0.39, 0.29) is 0 Å². The molecule has 0 spiro atoms. The highest BCUT2D eigenvalue weighted by Gasteiger charge is 2.11. The van der Waals surface area contributed by atoms with Crippen LogP contribution in [0.5, 0.6) is 0 Å². The summed E-state index contributed by atoms with van der Waals surface area (Å²) in [6.07, 6.45) is 4.36. The molecule has 0 saturated heterocycles. The summed E-state index contributed by atoms with van der Waals surface area (Å²) in [7, 11) is 0. The Balaban J connectivity index is 2.43. The summed E-state index contributed by atoms with van der Waals surface area (Å²) in [6, 6.07) is 8.66. The fourth-order valence-electron chi connectivity index (χ4n) is 2.23. The highest BCUT2D eigenvalue weighted by molar-refractivity contribution is 5.23. The van der Waals surface area contributed by atoms with Crippen molar-refractivity contribution in [3.05, 3.63) is 35.4 Å². The number of aliphatic hydroxyl groups excluding tert-OH is 1. The molecule has 1 aromatic carbocycles. The molecule has 0 aliphatic heterocycles. The van der Waals surface area contributed by atoms with Crippen molar-refractivity contribution in [2.75, 3.05) is 6.54 Å². The molecule has 1 unspecified atom stereocenters. The van der Waals surface area contributed by atoms with Crippen LogP contribution in [0.3, 0.4) is 0 Å². The zero-order valence-corrected chi connectivity index (χ0v) is 11.9. The number of aryl methyl sites for hydroxylation is 1. The van der Waals surface area contributed by atoms with E-state index in [0.29, 0.717) is 12.6 Å². The molecular weight excluding hydrogens is 222 g/mol. The van der Waals surface area contributed by atoms with Gasteiger partial charge in [-0.3, -0.25) is 0 Å². The van der Waals surface area contributed by atoms with E-state index < -0.39 is 6.10 Å². The Bertz CT molecular complexity index is 314. The predicted octanol–water partition coefficient (Wildman–Crippen LogP) is 3.59. The molecule has 2 nitrogen and oxygen atoms in total. The lowest BCUT2D eigenvalue weighted by Gasteiger charge is -2.20. The van der Waals surface area contributed by atoms with E-state index in [4.69, 9.17) is 0 Å². The standard InChI is InChI=1S/C16H27NO/c1-4-6-15(7-5-2)17-12-16(18)14-10-8-13(3)9-11-14/h8-11,15-18H,4-7,12H2,1-3H3. The number of rotatable bonds is 8.